The molecule has 0 aromatic heterocycles. The largest absolute Gasteiger partial charge is 0.471 e. The van der Waals surface area contributed by atoms with E-state index in [-0.39, 0.29) is 11.9 Å². The van der Waals surface area contributed by atoms with Crippen LogP contribution in [0.1, 0.15) is 6.92 Å². The van der Waals surface area contributed by atoms with Gasteiger partial charge in [0.2, 0.25) is 0 Å². The topological polar surface area (TPSA) is 49.5 Å². The van der Waals surface area contributed by atoms with Crippen molar-refractivity contribution in [2.45, 2.75) is 13.0 Å². The Morgan fingerprint density at radius 1 is 1.90 bits per heavy atom. The van der Waals surface area contributed by atoms with Crippen molar-refractivity contribution < 1.29 is 19.2 Å². The summed E-state index contributed by atoms with van der Waals surface area (Å²) < 4.78 is 6.50. The monoisotopic (exact) mass is 144 g/mol. The molecule has 1 N–H and O–H groups in total. The number of ether oxygens (including phenoxy) is 1. The van der Waals surface area contributed by atoms with Crippen molar-refractivity contribution in [1.82, 2.24) is 0 Å². The summed E-state index contributed by atoms with van der Waals surface area (Å²) in [6, 6.07) is 0.172. The molecule has 4 heteroatoms. The molecule has 0 radical (unpaired) electrons. The van der Waals surface area contributed by atoms with Crippen molar-refractivity contribution in [3.05, 3.63) is 0 Å². The maximum atomic E-state index is 10.4. The molecule has 1 aliphatic rings. The van der Waals surface area contributed by atoms with Crippen molar-refractivity contribution >= 4 is 11.9 Å². The SMILES string of the molecule is CC1COC(C(=O)O)=[N+]1C. The van der Waals surface area contributed by atoms with Gasteiger partial charge >= 0.3 is 11.9 Å². The third-order valence-electron chi connectivity index (χ3n) is 1.63. The molecule has 56 valence electrons. The molecule has 0 aliphatic carbocycles. The first-order chi connectivity index (χ1) is 4.63. The molecular weight excluding hydrogens is 134 g/mol. The second kappa shape index (κ2) is 2.28. The zero-order valence-corrected chi connectivity index (χ0v) is 6.00. The first kappa shape index (κ1) is 7.05. The molecule has 1 unspecified atom stereocenters. The molecule has 1 rings (SSSR count). The van der Waals surface area contributed by atoms with Crippen LogP contribution in [0.15, 0.2) is 0 Å². The summed E-state index contributed by atoms with van der Waals surface area (Å²) in [5.74, 6) is -0.945. The fourth-order valence-corrected chi connectivity index (χ4v) is 0.826. The lowest BCUT2D eigenvalue weighted by molar-refractivity contribution is -0.522. The highest BCUT2D eigenvalue weighted by atomic mass is 16.5. The highest BCUT2D eigenvalue weighted by molar-refractivity contribution is 6.29. The van der Waals surface area contributed by atoms with E-state index >= 15 is 0 Å². The number of hydrogen-bond acceptors (Lipinski definition) is 2. The minimum Gasteiger partial charge on any atom is -0.471 e. The minimum atomic E-state index is -0.994. The summed E-state index contributed by atoms with van der Waals surface area (Å²) in [6.45, 7) is 2.38. The van der Waals surface area contributed by atoms with Crippen LogP contribution >= 0.6 is 0 Å². The molecule has 0 bridgehead atoms. The van der Waals surface area contributed by atoms with Crippen LogP contribution in [0.3, 0.4) is 0 Å². The Balaban J connectivity index is 2.85. The van der Waals surface area contributed by atoms with E-state index in [0.717, 1.165) is 0 Å². The van der Waals surface area contributed by atoms with E-state index in [4.69, 9.17) is 9.84 Å². The van der Waals surface area contributed by atoms with E-state index in [9.17, 15) is 4.79 Å². The van der Waals surface area contributed by atoms with Gasteiger partial charge in [0, 0.05) is 6.92 Å². The number of carboxylic acid groups (broad SMARTS) is 1. The van der Waals surface area contributed by atoms with E-state index in [0.29, 0.717) is 6.61 Å². The molecule has 0 saturated heterocycles. The Labute approximate surface area is 58.7 Å². The standard InChI is InChI=1S/C6H9NO3/c1-4-3-10-5(6(8)9)7(4)2/h4H,3H2,1-2H3/p+1. The Morgan fingerprint density at radius 2 is 2.50 bits per heavy atom. The predicted molar refractivity (Wildman–Crippen MR) is 34.2 cm³/mol. The molecule has 0 spiro atoms. The highest BCUT2D eigenvalue weighted by Crippen LogP contribution is 2.01. The van der Waals surface area contributed by atoms with Gasteiger partial charge in [-0.15, -0.1) is 0 Å². The van der Waals surface area contributed by atoms with Gasteiger partial charge in [-0.1, -0.05) is 0 Å². The average molecular weight is 144 g/mol. The number of carbonyl (C=O) groups is 1. The first-order valence-electron chi connectivity index (χ1n) is 3.09. The van der Waals surface area contributed by atoms with Crippen molar-refractivity contribution in [3.8, 4) is 0 Å². The van der Waals surface area contributed by atoms with Crippen molar-refractivity contribution in [3.63, 3.8) is 0 Å². The van der Waals surface area contributed by atoms with Crippen molar-refractivity contribution in [2.24, 2.45) is 0 Å². The van der Waals surface area contributed by atoms with E-state index < -0.39 is 5.97 Å². The fourth-order valence-electron chi connectivity index (χ4n) is 0.826. The lowest BCUT2D eigenvalue weighted by Crippen LogP contribution is -2.23. The number of nitrogens with zero attached hydrogens (tertiary/aromatic N) is 1. The Hall–Kier alpha value is -1.06. The smallest absolute Gasteiger partial charge is 0.450 e. The first-order valence-corrected chi connectivity index (χ1v) is 3.09. The van der Waals surface area contributed by atoms with Gasteiger partial charge in [-0.25, -0.2) is 4.79 Å². The van der Waals surface area contributed by atoms with E-state index in [2.05, 4.69) is 0 Å². The van der Waals surface area contributed by atoms with Crippen LogP contribution in [-0.4, -0.2) is 41.2 Å². The third kappa shape index (κ3) is 0.964. The lowest BCUT2D eigenvalue weighted by Gasteiger charge is -1.91. The van der Waals surface area contributed by atoms with Gasteiger partial charge in [-0.2, -0.15) is 4.58 Å². The number of rotatable bonds is 1. The van der Waals surface area contributed by atoms with Crippen LogP contribution in [0.5, 0.6) is 0 Å². The van der Waals surface area contributed by atoms with Gasteiger partial charge in [0.15, 0.2) is 12.6 Å². The lowest BCUT2D eigenvalue weighted by atomic mass is 10.4. The van der Waals surface area contributed by atoms with E-state index in [1.165, 1.54) is 0 Å². The summed E-state index contributed by atoms with van der Waals surface area (Å²) in [5, 5.41) is 8.50. The number of aliphatic carboxylic acids is 1. The molecule has 0 aromatic rings. The van der Waals surface area contributed by atoms with Crippen LogP contribution in [0.2, 0.25) is 0 Å². The zero-order chi connectivity index (χ0) is 7.72. The molecule has 0 fully saturated rings. The zero-order valence-electron chi connectivity index (χ0n) is 6.00. The van der Waals surface area contributed by atoms with Gasteiger partial charge in [0.05, 0.1) is 0 Å². The normalized spacial score (nSPS) is 24.8. The Morgan fingerprint density at radius 3 is 2.70 bits per heavy atom. The molecule has 0 aromatic carbocycles. The summed E-state index contributed by atoms with van der Waals surface area (Å²) in [5.41, 5.74) is 0. The fraction of sp³-hybridized carbons (Fsp3) is 0.667. The average Bonchev–Trinajstić information content (AvgIpc) is 2.14. The van der Waals surface area contributed by atoms with Crippen LogP contribution in [0, 0.1) is 0 Å². The van der Waals surface area contributed by atoms with Gasteiger partial charge in [-0.3, -0.25) is 0 Å². The van der Waals surface area contributed by atoms with Crippen LogP contribution < -0.4 is 0 Å². The van der Waals surface area contributed by atoms with Crippen LogP contribution in [0.25, 0.3) is 0 Å². The molecule has 1 atom stereocenters. The summed E-state index contributed by atoms with van der Waals surface area (Å²) >= 11 is 0. The second-order valence-corrected chi connectivity index (χ2v) is 2.38. The molecule has 4 nitrogen and oxygen atoms in total. The van der Waals surface area contributed by atoms with Gasteiger partial charge in [0.25, 0.3) is 0 Å². The molecular formula is C6H10NO3+. The number of likely N-dealkylation sites (N-methyl/N-ethyl adjacent to an activating group) is 1. The molecule has 0 amide bonds. The molecule has 10 heavy (non-hydrogen) atoms. The maximum Gasteiger partial charge on any atom is 0.450 e. The maximum absolute atomic E-state index is 10.4. The minimum absolute atomic E-state index is 0.0486. The van der Waals surface area contributed by atoms with Crippen molar-refractivity contribution in [2.75, 3.05) is 13.7 Å². The summed E-state index contributed by atoms with van der Waals surface area (Å²) in [7, 11) is 1.71. The highest BCUT2D eigenvalue weighted by Gasteiger charge is 2.33. The van der Waals surface area contributed by atoms with E-state index in [1.807, 2.05) is 6.92 Å². The quantitative estimate of drug-likeness (QED) is 0.506. The molecule has 1 aliphatic heterocycles. The van der Waals surface area contributed by atoms with Gasteiger partial charge in [-0.05, 0) is 0 Å². The van der Waals surface area contributed by atoms with Crippen LogP contribution in [0.4, 0.5) is 0 Å². The van der Waals surface area contributed by atoms with Crippen LogP contribution in [-0.2, 0) is 9.53 Å². The van der Waals surface area contributed by atoms with E-state index in [1.54, 1.807) is 11.6 Å². The van der Waals surface area contributed by atoms with Gasteiger partial charge in [0.1, 0.15) is 7.05 Å². The predicted octanol–water partition coefficient (Wildman–Crippen LogP) is -0.469. The second-order valence-electron chi connectivity index (χ2n) is 2.38. The van der Waals surface area contributed by atoms with Gasteiger partial charge < -0.3 is 9.84 Å². The number of carboxylic acids is 1. The summed E-state index contributed by atoms with van der Waals surface area (Å²) in [6.07, 6.45) is 0. The summed E-state index contributed by atoms with van der Waals surface area (Å²) in [4.78, 5) is 10.4. The molecule has 0 saturated carbocycles. The Bertz CT molecular complexity index is 197. The van der Waals surface area contributed by atoms with Crippen molar-refractivity contribution in [1.29, 1.82) is 0 Å². The third-order valence-corrected chi connectivity index (χ3v) is 1.63. The Kier molecular flexibility index (Phi) is 1.61. The molecule has 1 heterocycles. The number of hydrogen-bond donors (Lipinski definition) is 1.